The molecule has 2 aromatic rings. The van der Waals surface area contributed by atoms with Crippen LogP contribution < -0.4 is 0 Å². The average molecular weight is 201 g/mol. The van der Waals surface area contributed by atoms with Gasteiger partial charge in [-0.05, 0) is 18.2 Å². The third-order valence-electron chi connectivity index (χ3n) is 1.99. The number of H-pyrrole nitrogens is 1. The van der Waals surface area contributed by atoms with Crippen LogP contribution in [0.1, 0.15) is 32.2 Å². The van der Waals surface area contributed by atoms with Gasteiger partial charge in [-0.15, -0.1) is 0 Å². The van der Waals surface area contributed by atoms with Crippen LogP contribution in [0.2, 0.25) is 0 Å². The minimum Gasteiger partial charge on any atom is -0.342 e. The predicted octanol–water partition coefficient (Wildman–Crippen LogP) is 3.02. The molecule has 1 aromatic heterocycles. The Bertz CT molecular complexity index is 477. The van der Waals surface area contributed by atoms with Gasteiger partial charge in [-0.1, -0.05) is 20.8 Å². The van der Waals surface area contributed by atoms with E-state index in [2.05, 4.69) is 16.0 Å². The molecular weight excluding hydrogens is 186 g/mol. The second-order valence-electron chi connectivity index (χ2n) is 2.88. The minimum absolute atomic E-state index is 0.666. The molecule has 2 rings (SSSR count). The summed E-state index contributed by atoms with van der Waals surface area (Å²) in [5.74, 6) is 0.963. The van der Waals surface area contributed by atoms with Gasteiger partial charge in [0.2, 0.25) is 0 Å². The van der Waals surface area contributed by atoms with Gasteiger partial charge in [0.1, 0.15) is 5.82 Å². The standard InChI is InChI=1S/C10H9N3.C2H6/c1-2-10-12-8-4-3-7(6-11)5-9(8)13-10;1-2/h3-5H,2H2,1H3,(H,12,13);1-2H3. The Morgan fingerprint density at radius 3 is 2.73 bits per heavy atom. The molecule has 0 saturated heterocycles. The van der Waals surface area contributed by atoms with Crippen LogP contribution in [-0.4, -0.2) is 9.97 Å². The van der Waals surface area contributed by atoms with Crippen molar-refractivity contribution in [1.29, 1.82) is 5.26 Å². The number of nitrogens with one attached hydrogen (secondary N) is 1. The Labute approximate surface area is 89.8 Å². The molecule has 3 nitrogen and oxygen atoms in total. The van der Waals surface area contributed by atoms with Gasteiger partial charge >= 0.3 is 0 Å². The molecule has 1 aromatic carbocycles. The monoisotopic (exact) mass is 201 g/mol. The Morgan fingerprint density at radius 2 is 2.13 bits per heavy atom. The quantitative estimate of drug-likeness (QED) is 0.771. The molecule has 0 unspecified atom stereocenters. The number of hydrogen-bond acceptors (Lipinski definition) is 2. The fourth-order valence-electron chi connectivity index (χ4n) is 1.30. The summed E-state index contributed by atoms with van der Waals surface area (Å²) in [6.07, 6.45) is 0.885. The molecule has 0 aliphatic heterocycles. The first-order valence-corrected chi connectivity index (χ1v) is 5.22. The molecule has 0 radical (unpaired) electrons. The molecule has 0 aliphatic carbocycles. The van der Waals surface area contributed by atoms with Crippen LogP contribution in [0.25, 0.3) is 11.0 Å². The van der Waals surface area contributed by atoms with Crippen LogP contribution in [0.15, 0.2) is 18.2 Å². The van der Waals surface area contributed by atoms with Gasteiger partial charge in [0, 0.05) is 6.42 Å². The van der Waals surface area contributed by atoms with E-state index in [1.807, 2.05) is 32.9 Å². The summed E-state index contributed by atoms with van der Waals surface area (Å²) in [6, 6.07) is 7.56. The van der Waals surface area contributed by atoms with Crippen molar-refractivity contribution in [3.8, 4) is 6.07 Å². The zero-order valence-corrected chi connectivity index (χ0v) is 9.33. The van der Waals surface area contributed by atoms with E-state index in [9.17, 15) is 0 Å². The number of imidazole rings is 1. The van der Waals surface area contributed by atoms with Crippen molar-refractivity contribution in [3.63, 3.8) is 0 Å². The topological polar surface area (TPSA) is 52.5 Å². The number of hydrogen-bond donors (Lipinski definition) is 1. The SMILES string of the molecule is CC.CCc1nc2ccc(C#N)cc2[nH]1. The van der Waals surface area contributed by atoms with E-state index in [-0.39, 0.29) is 0 Å². The number of aromatic amines is 1. The maximum atomic E-state index is 8.68. The molecular formula is C12H15N3. The first kappa shape index (κ1) is 11.3. The van der Waals surface area contributed by atoms with E-state index >= 15 is 0 Å². The lowest BCUT2D eigenvalue weighted by atomic mass is 10.2. The van der Waals surface area contributed by atoms with Gasteiger partial charge < -0.3 is 4.98 Å². The summed E-state index contributed by atoms with van der Waals surface area (Å²) in [6.45, 7) is 6.04. The van der Waals surface area contributed by atoms with Crippen molar-refractivity contribution >= 4 is 11.0 Å². The van der Waals surface area contributed by atoms with Gasteiger partial charge in [-0.2, -0.15) is 5.26 Å². The largest absolute Gasteiger partial charge is 0.342 e. The van der Waals surface area contributed by atoms with Gasteiger partial charge in [0.15, 0.2) is 0 Å². The average Bonchev–Trinajstić information content (AvgIpc) is 2.73. The summed E-state index contributed by atoms with van der Waals surface area (Å²) in [4.78, 5) is 7.50. The molecule has 78 valence electrons. The second-order valence-corrected chi connectivity index (χ2v) is 2.88. The Balaban J connectivity index is 0.000000531. The third-order valence-corrected chi connectivity index (χ3v) is 1.99. The lowest BCUT2D eigenvalue weighted by molar-refractivity contribution is 1.00. The number of aryl methyl sites for hydroxylation is 1. The maximum absolute atomic E-state index is 8.68. The number of benzene rings is 1. The van der Waals surface area contributed by atoms with E-state index in [1.165, 1.54) is 0 Å². The highest BCUT2D eigenvalue weighted by molar-refractivity contribution is 5.76. The van der Waals surface area contributed by atoms with Crippen LogP contribution in [0.3, 0.4) is 0 Å². The molecule has 3 heteroatoms. The normalized spacial score (nSPS) is 9.20. The van der Waals surface area contributed by atoms with Gasteiger partial charge in [0.25, 0.3) is 0 Å². The highest BCUT2D eigenvalue weighted by Gasteiger charge is 2.00. The molecule has 0 saturated carbocycles. The Kier molecular flexibility index (Phi) is 3.87. The molecule has 0 amide bonds. The molecule has 15 heavy (non-hydrogen) atoms. The van der Waals surface area contributed by atoms with Crippen molar-refractivity contribution in [2.75, 3.05) is 0 Å². The van der Waals surface area contributed by atoms with Crippen molar-refractivity contribution in [1.82, 2.24) is 9.97 Å². The smallest absolute Gasteiger partial charge is 0.106 e. The maximum Gasteiger partial charge on any atom is 0.106 e. The summed E-state index contributed by atoms with van der Waals surface area (Å²) in [7, 11) is 0. The number of aromatic nitrogens is 2. The molecule has 0 spiro atoms. The van der Waals surface area contributed by atoms with Crippen molar-refractivity contribution in [2.24, 2.45) is 0 Å². The van der Waals surface area contributed by atoms with Gasteiger partial charge in [0.05, 0.1) is 22.7 Å². The van der Waals surface area contributed by atoms with Crippen LogP contribution in [-0.2, 0) is 6.42 Å². The van der Waals surface area contributed by atoms with Crippen LogP contribution in [0.4, 0.5) is 0 Å². The van der Waals surface area contributed by atoms with Crippen molar-refractivity contribution < 1.29 is 0 Å². The fourth-order valence-corrected chi connectivity index (χ4v) is 1.30. The zero-order chi connectivity index (χ0) is 11.3. The lowest BCUT2D eigenvalue weighted by Gasteiger charge is -1.87. The Morgan fingerprint density at radius 1 is 1.40 bits per heavy atom. The van der Waals surface area contributed by atoms with Gasteiger partial charge in [-0.3, -0.25) is 0 Å². The molecule has 1 heterocycles. The second kappa shape index (κ2) is 5.16. The summed E-state index contributed by atoms with van der Waals surface area (Å²) >= 11 is 0. The predicted molar refractivity (Wildman–Crippen MR) is 61.5 cm³/mol. The number of nitrogens with zero attached hydrogens (tertiary/aromatic N) is 2. The fraction of sp³-hybridized carbons (Fsp3) is 0.333. The highest BCUT2D eigenvalue weighted by atomic mass is 14.9. The minimum atomic E-state index is 0.666. The summed E-state index contributed by atoms with van der Waals surface area (Å²) in [5.41, 5.74) is 2.53. The number of fused-ring (bicyclic) bond motifs is 1. The first-order valence-electron chi connectivity index (χ1n) is 5.22. The van der Waals surface area contributed by atoms with E-state index in [0.29, 0.717) is 5.56 Å². The van der Waals surface area contributed by atoms with Crippen LogP contribution in [0, 0.1) is 11.3 Å². The van der Waals surface area contributed by atoms with E-state index in [0.717, 1.165) is 23.3 Å². The summed E-state index contributed by atoms with van der Waals surface area (Å²) < 4.78 is 0. The highest BCUT2D eigenvalue weighted by Crippen LogP contribution is 2.13. The first-order chi connectivity index (χ1) is 7.33. The van der Waals surface area contributed by atoms with Crippen molar-refractivity contribution in [2.45, 2.75) is 27.2 Å². The molecule has 0 fully saturated rings. The van der Waals surface area contributed by atoms with Crippen LogP contribution >= 0.6 is 0 Å². The van der Waals surface area contributed by atoms with E-state index in [4.69, 9.17) is 5.26 Å². The van der Waals surface area contributed by atoms with E-state index in [1.54, 1.807) is 6.07 Å². The molecule has 1 N–H and O–H groups in total. The molecule has 0 atom stereocenters. The zero-order valence-electron chi connectivity index (χ0n) is 9.33. The number of rotatable bonds is 1. The van der Waals surface area contributed by atoms with E-state index < -0.39 is 0 Å². The van der Waals surface area contributed by atoms with Gasteiger partial charge in [-0.25, -0.2) is 4.98 Å². The lowest BCUT2D eigenvalue weighted by Crippen LogP contribution is -1.79. The number of nitriles is 1. The summed E-state index contributed by atoms with van der Waals surface area (Å²) in [5, 5.41) is 8.68. The molecule has 0 aliphatic rings. The molecule has 0 bridgehead atoms. The third kappa shape index (κ3) is 2.35. The Hall–Kier alpha value is -1.82. The van der Waals surface area contributed by atoms with Crippen LogP contribution in [0.5, 0.6) is 0 Å². The van der Waals surface area contributed by atoms with Crippen molar-refractivity contribution in [3.05, 3.63) is 29.6 Å².